The van der Waals surface area contributed by atoms with Crippen LogP contribution >= 0.6 is 0 Å². The van der Waals surface area contributed by atoms with Crippen molar-refractivity contribution in [3.8, 4) is 0 Å². The Morgan fingerprint density at radius 1 is 1.83 bits per heavy atom. The van der Waals surface area contributed by atoms with Crippen molar-refractivity contribution in [1.29, 1.82) is 0 Å². The smallest absolute Gasteiger partial charge is 0.304 e. The predicted molar refractivity (Wildman–Crippen MR) is 46.0 cm³/mol. The highest BCUT2D eigenvalue weighted by molar-refractivity contribution is 6.04. The van der Waals surface area contributed by atoms with Gasteiger partial charge in [0.25, 0.3) is 0 Å². The molecule has 0 aromatic heterocycles. The van der Waals surface area contributed by atoms with Crippen LogP contribution in [0.15, 0.2) is 0 Å². The Morgan fingerprint density at radius 2 is 2.50 bits per heavy atom. The summed E-state index contributed by atoms with van der Waals surface area (Å²) in [5.74, 6) is -0.782. The van der Waals surface area contributed by atoms with E-state index in [2.05, 4.69) is 5.32 Å². The minimum absolute atomic E-state index is 0.0105. The second kappa shape index (κ2) is 3.91. The number of carbonyl (C=O) groups is 1. The second-order valence-corrected chi connectivity index (χ2v) is 3.25. The third-order valence-corrected chi connectivity index (χ3v) is 2.12. The van der Waals surface area contributed by atoms with Gasteiger partial charge in [0.1, 0.15) is 0 Å². The topological polar surface area (TPSA) is 52.6 Å². The molecule has 1 aliphatic heterocycles. The van der Waals surface area contributed by atoms with Crippen LogP contribution in [0.4, 0.5) is 0 Å². The van der Waals surface area contributed by atoms with Gasteiger partial charge in [-0.25, -0.2) is 0 Å². The molecular weight excluding hydrogens is 155 g/mol. The van der Waals surface area contributed by atoms with E-state index in [9.17, 15) is 4.79 Å². The molecule has 5 heteroatoms. The van der Waals surface area contributed by atoms with E-state index >= 15 is 0 Å². The van der Waals surface area contributed by atoms with Gasteiger partial charge in [0, 0.05) is 25.2 Å². The largest absolute Gasteiger partial charge is 0.481 e. The van der Waals surface area contributed by atoms with Crippen LogP contribution in [0.5, 0.6) is 0 Å². The summed E-state index contributed by atoms with van der Waals surface area (Å²) >= 11 is 0. The number of nitrogens with one attached hydrogen (secondary N) is 1. The number of piperazine rings is 1. The van der Waals surface area contributed by atoms with Crippen LogP contribution in [-0.4, -0.2) is 49.0 Å². The highest BCUT2D eigenvalue weighted by Gasteiger charge is 2.22. The van der Waals surface area contributed by atoms with Crippen LogP contribution in [0.2, 0.25) is 0 Å². The molecule has 0 aliphatic carbocycles. The fraction of sp³-hybridized carbons (Fsp3) is 0.857. The summed E-state index contributed by atoms with van der Waals surface area (Å²) in [7, 11) is 5.64. The fourth-order valence-electron chi connectivity index (χ4n) is 1.30. The number of aliphatic carboxylic acids is 1. The molecule has 4 nitrogen and oxygen atoms in total. The van der Waals surface area contributed by atoms with Crippen molar-refractivity contribution in [2.24, 2.45) is 0 Å². The van der Waals surface area contributed by atoms with Gasteiger partial charge in [-0.2, -0.15) is 0 Å². The molecule has 1 aliphatic rings. The highest BCUT2D eigenvalue weighted by atomic mass is 16.4. The zero-order valence-electron chi connectivity index (χ0n) is 7.16. The van der Waals surface area contributed by atoms with Crippen molar-refractivity contribution in [3.05, 3.63) is 0 Å². The molecule has 2 unspecified atom stereocenters. The van der Waals surface area contributed by atoms with E-state index in [1.807, 2.05) is 6.92 Å². The van der Waals surface area contributed by atoms with Crippen molar-refractivity contribution >= 4 is 14.0 Å². The number of nitrogens with zero attached hydrogens (tertiary/aromatic N) is 1. The summed E-state index contributed by atoms with van der Waals surface area (Å²) in [5.41, 5.74) is 0. The van der Waals surface area contributed by atoms with Gasteiger partial charge < -0.3 is 15.2 Å². The highest BCUT2D eigenvalue weighted by Crippen LogP contribution is 2.05. The van der Waals surface area contributed by atoms with E-state index in [0.29, 0.717) is 6.54 Å². The van der Waals surface area contributed by atoms with E-state index < -0.39 is 5.97 Å². The zero-order chi connectivity index (χ0) is 9.14. The van der Waals surface area contributed by atoms with Crippen LogP contribution in [0.3, 0.4) is 0 Å². The van der Waals surface area contributed by atoms with Crippen molar-refractivity contribution in [3.63, 3.8) is 0 Å². The first-order valence-corrected chi connectivity index (χ1v) is 4.06. The molecule has 0 aromatic carbocycles. The van der Waals surface area contributed by atoms with E-state index in [1.54, 1.807) is 4.81 Å². The van der Waals surface area contributed by atoms with Gasteiger partial charge in [-0.1, -0.05) is 0 Å². The Hall–Kier alpha value is -0.545. The van der Waals surface area contributed by atoms with E-state index in [4.69, 9.17) is 13.1 Å². The van der Waals surface area contributed by atoms with Gasteiger partial charge in [0.2, 0.25) is 0 Å². The van der Waals surface area contributed by atoms with E-state index in [1.165, 1.54) is 0 Å². The second-order valence-electron chi connectivity index (χ2n) is 3.25. The van der Waals surface area contributed by atoms with Crippen LogP contribution in [0.1, 0.15) is 13.3 Å². The van der Waals surface area contributed by atoms with Crippen molar-refractivity contribution in [2.75, 3.05) is 13.1 Å². The van der Waals surface area contributed by atoms with Gasteiger partial charge in [0.05, 0.1) is 6.42 Å². The molecule has 2 atom stereocenters. The molecule has 1 rings (SSSR count). The summed E-state index contributed by atoms with van der Waals surface area (Å²) in [6.45, 7) is 3.37. The van der Waals surface area contributed by atoms with Crippen molar-refractivity contribution in [1.82, 2.24) is 10.1 Å². The quantitative estimate of drug-likeness (QED) is 0.530. The predicted octanol–water partition coefficient (Wildman–Crippen LogP) is -0.793. The summed E-state index contributed by atoms with van der Waals surface area (Å²) in [4.78, 5) is 12.0. The van der Waals surface area contributed by atoms with Crippen molar-refractivity contribution < 1.29 is 9.90 Å². The average molecular weight is 168 g/mol. The molecule has 12 heavy (non-hydrogen) atoms. The summed E-state index contributed by atoms with van der Waals surface area (Å²) in [6, 6.07) is 0.277. The molecular formula is C7H13BN2O2. The molecule has 0 spiro atoms. The molecule has 1 saturated heterocycles. The first-order valence-electron chi connectivity index (χ1n) is 4.06. The normalized spacial score (nSPS) is 31.8. The SMILES string of the molecule is [B]N1CC(CC(=O)O)NCC1C. The Kier molecular flexibility index (Phi) is 3.11. The lowest BCUT2D eigenvalue weighted by Crippen LogP contribution is -2.54. The fourth-order valence-corrected chi connectivity index (χ4v) is 1.30. The monoisotopic (exact) mass is 168 g/mol. The Labute approximate surface area is 73.4 Å². The first kappa shape index (κ1) is 9.54. The maximum Gasteiger partial charge on any atom is 0.304 e. The van der Waals surface area contributed by atoms with Crippen molar-refractivity contribution in [2.45, 2.75) is 25.4 Å². The van der Waals surface area contributed by atoms with E-state index in [-0.39, 0.29) is 18.5 Å². The van der Waals surface area contributed by atoms with Crippen LogP contribution in [0, 0.1) is 0 Å². The van der Waals surface area contributed by atoms with Gasteiger partial charge in [0.15, 0.2) is 7.98 Å². The number of hydrogen-bond donors (Lipinski definition) is 2. The lowest BCUT2D eigenvalue weighted by atomic mass is 10.0. The summed E-state index contributed by atoms with van der Waals surface area (Å²) < 4.78 is 0. The van der Waals surface area contributed by atoms with Gasteiger partial charge in [-0.15, -0.1) is 0 Å². The molecule has 0 bridgehead atoms. The lowest BCUT2D eigenvalue weighted by molar-refractivity contribution is -0.137. The molecule has 1 heterocycles. The summed E-state index contributed by atoms with van der Waals surface area (Å²) in [6.07, 6.45) is 0.139. The summed E-state index contributed by atoms with van der Waals surface area (Å²) in [5, 5.41) is 11.6. The van der Waals surface area contributed by atoms with Crippen LogP contribution in [0.25, 0.3) is 0 Å². The Morgan fingerprint density at radius 3 is 3.00 bits per heavy atom. The van der Waals surface area contributed by atoms with Gasteiger partial charge >= 0.3 is 5.97 Å². The maximum atomic E-state index is 10.4. The zero-order valence-corrected chi connectivity index (χ0v) is 7.16. The molecule has 2 N–H and O–H groups in total. The van der Waals surface area contributed by atoms with Gasteiger partial charge in [-0.3, -0.25) is 4.79 Å². The first-order chi connectivity index (χ1) is 5.59. The van der Waals surface area contributed by atoms with Crippen LogP contribution < -0.4 is 5.32 Å². The molecule has 2 radical (unpaired) electrons. The molecule has 66 valence electrons. The third kappa shape index (κ3) is 2.50. The molecule has 0 saturated carbocycles. The molecule has 0 aromatic rings. The Balaban J connectivity index is 2.35. The maximum absolute atomic E-state index is 10.4. The lowest BCUT2D eigenvalue weighted by Gasteiger charge is -2.36. The number of hydrogen-bond acceptors (Lipinski definition) is 3. The van der Waals surface area contributed by atoms with E-state index in [0.717, 1.165) is 6.54 Å². The van der Waals surface area contributed by atoms with Gasteiger partial charge in [-0.05, 0) is 6.92 Å². The standard InChI is InChI=1S/C7H13BN2O2/c1-5-3-9-6(2-7(11)12)4-10(5)8/h5-6,9H,2-4H2,1H3,(H,11,12). The minimum Gasteiger partial charge on any atom is -0.481 e. The average Bonchev–Trinajstić information content (AvgIpc) is 1.96. The molecule has 0 amide bonds. The number of carboxylic acids is 1. The van der Waals surface area contributed by atoms with Crippen LogP contribution in [-0.2, 0) is 4.79 Å². The number of rotatable bonds is 2. The molecule has 1 fully saturated rings. The minimum atomic E-state index is -0.782. The third-order valence-electron chi connectivity index (χ3n) is 2.12. The Bertz CT molecular complexity index is 177. The number of carboxylic acid groups (broad SMARTS) is 1.